The fourth-order valence-electron chi connectivity index (χ4n) is 2.65. The molecule has 0 saturated carbocycles. The number of amides is 1. The van der Waals surface area contributed by atoms with Gasteiger partial charge in [-0.1, -0.05) is 0 Å². The highest BCUT2D eigenvalue weighted by Gasteiger charge is 2.22. The Kier molecular flexibility index (Phi) is 4.88. The maximum atomic E-state index is 12.6. The monoisotopic (exact) mass is 385 g/mol. The van der Waals surface area contributed by atoms with Gasteiger partial charge >= 0.3 is 6.18 Å². The molecular weight excluding hydrogens is 371 g/mol. The van der Waals surface area contributed by atoms with Crippen LogP contribution in [0.25, 0.3) is 17.0 Å². The summed E-state index contributed by atoms with van der Waals surface area (Å²) in [7, 11) is 0. The summed E-state index contributed by atoms with van der Waals surface area (Å²) in [4.78, 5) is 16.6. The molecule has 3 rings (SSSR count). The number of carbonyl (C=O) groups is 1. The zero-order valence-electron chi connectivity index (χ0n) is 14.8. The van der Waals surface area contributed by atoms with Gasteiger partial charge in [0.05, 0.1) is 16.8 Å². The summed E-state index contributed by atoms with van der Waals surface area (Å²) in [6, 6.07) is 6.70. The second kappa shape index (κ2) is 7.15. The summed E-state index contributed by atoms with van der Waals surface area (Å²) >= 11 is 0. The molecule has 0 fully saturated rings. The second-order valence-electron chi connectivity index (χ2n) is 6.08. The number of nitrogens with one attached hydrogen (secondary N) is 2. The summed E-state index contributed by atoms with van der Waals surface area (Å²) in [6.07, 6.45) is -2.12. The molecule has 2 N–H and O–H groups in total. The van der Waals surface area contributed by atoms with Crippen LogP contribution in [0.4, 0.5) is 18.9 Å². The lowest BCUT2D eigenvalue weighted by molar-refractivity contribution is -0.0790. The van der Waals surface area contributed by atoms with Crippen LogP contribution in [0.5, 0.6) is 0 Å². The number of pyridine rings is 1. The largest absolute Gasteiger partial charge is 0.409 e. The van der Waals surface area contributed by atoms with E-state index in [2.05, 4.69) is 20.5 Å². The van der Waals surface area contributed by atoms with Crippen LogP contribution in [0.2, 0.25) is 0 Å². The number of benzene rings is 1. The molecule has 2 aromatic heterocycles. The number of hydrogen-bond donors (Lipinski definition) is 2. The molecule has 142 valence electrons. The number of fused-ring (bicyclic) bond motifs is 1. The van der Waals surface area contributed by atoms with Crippen LogP contribution in [-0.2, 0) is 0 Å². The SMILES string of the molecule is Cc1c(C#N)cnc(C(=O)Nc2ccc3n[nH]c(/C=C/C(F)(F)F)c3c2)c1C. The van der Waals surface area contributed by atoms with Crippen LogP contribution >= 0.6 is 0 Å². The molecule has 0 aliphatic carbocycles. The maximum absolute atomic E-state index is 12.6. The van der Waals surface area contributed by atoms with E-state index in [1.165, 1.54) is 12.3 Å². The Morgan fingerprint density at radius 3 is 2.71 bits per heavy atom. The average Bonchev–Trinajstić information content (AvgIpc) is 3.04. The quantitative estimate of drug-likeness (QED) is 0.704. The van der Waals surface area contributed by atoms with Gasteiger partial charge < -0.3 is 5.32 Å². The second-order valence-corrected chi connectivity index (χ2v) is 6.08. The van der Waals surface area contributed by atoms with Crippen molar-refractivity contribution in [1.82, 2.24) is 15.2 Å². The minimum absolute atomic E-state index is 0.109. The van der Waals surface area contributed by atoms with Crippen LogP contribution in [0.15, 0.2) is 30.5 Å². The number of allylic oxidation sites excluding steroid dienone is 1. The van der Waals surface area contributed by atoms with Crippen molar-refractivity contribution in [2.75, 3.05) is 5.32 Å². The standard InChI is InChI=1S/C19H14F3N5O/c1-10-11(2)17(24-9-12(10)8-23)18(28)25-13-3-4-15-14(7-13)16(27-26-15)5-6-19(20,21)22/h3-7,9H,1-2H3,(H,25,28)(H,26,27)/b6-5+. The molecule has 0 unspecified atom stereocenters. The molecule has 0 atom stereocenters. The molecule has 28 heavy (non-hydrogen) atoms. The Balaban J connectivity index is 1.91. The van der Waals surface area contributed by atoms with E-state index < -0.39 is 12.1 Å². The van der Waals surface area contributed by atoms with Crippen molar-refractivity contribution in [2.24, 2.45) is 0 Å². The number of aromatic amines is 1. The van der Waals surface area contributed by atoms with E-state index in [-0.39, 0.29) is 17.5 Å². The van der Waals surface area contributed by atoms with Crippen molar-refractivity contribution >= 4 is 28.6 Å². The smallest absolute Gasteiger partial charge is 0.321 e. The van der Waals surface area contributed by atoms with Gasteiger partial charge in [0.25, 0.3) is 5.91 Å². The van der Waals surface area contributed by atoms with Crippen molar-refractivity contribution in [3.05, 3.63) is 58.6 Å². The lowest BCUT2D eigenvalue weighted by Crippen LogP contribution is -2.16. The number of hydrogen-bond acceptors (Lipinski definition) is 4. The van der Waals surface area contributed by atoms with Crippen LogP contribution in [0.1, 0.15) is 32.9 Å². The lowest BCUT2D eigenvalue weighted by atomic mass is 10.0. The van der Waals surface area contributed by atoms with Crippen molar-refractivity contribution in [3.63, 3.8) is 0 Å². The summed E-state index contributed by atoms with van der Waals surface area (Å²) in [5, 5.41) is 18.6. The number of nitrogens with zero attached hydrogens (tertiary/aromatic N) is 3. The number of aromatic nitrogens is 3. The highest BCUT2D eigenvalue weighted by Crippen LogP contribution is 2.25. The number of H-pyrrole nitrogens is 1. The minimum atomic E-state index is -4.44. The van der Waals surface area contributed by atoms with Gasteiger partial charge in [0.2, 0.25) is 0 Å². The number of nitriles is 1. The van der Waals surface area contributed by atoms with Gasteiger partial charge in [-0.2, -0.15) is 23.5 Å². The average molecular weight is 385 g/mol. The topological polar surface area (TPSA) is 94.5 Å². The highest BCUT2D eigenvalue weighted by atomic mass is 19.4. The first kappa shape index (κ1) is 19.1. The molecule has 3 aromatic rings. The Morgan fingerprint density at radius 2 is 2.04 bits per heavy atom. The number of anilines is 1. The fourth-order valence-corrected chi connectivity index (χ4v) is 2.65. The first-order valence-corrected chi connectivity index (χ1v) is 8.11. The van der Waals surface area contributed by atoms with E-state index in [1.54, 1.807) is 26.0 Å². The summed E-state index contributed by atoms with van der Waals surface area (Å²) in [5.74, 6) is -0.486. The summed E-state index contributed by atoms with van der Waals surface area (Å²) in [6.45, 7) is 3.42. The van der Waals surface area contributed by atoms with E-state index in [1.807, 2.05) is 6.07 Å². The Hall–Kier alpha value is -3.67. The zero-order valence-corrected chi connectivity index (χ0v) is 14.8. The highest BCUT2D eigenvalue weighted by molar-refractivity contribution is 6.05. The third-order valence-electron chi connectivity index (χ3n) is 4.26. The number of halogens is 3. The number of carbonyl (C=O) groups excluding carboxylic acids is 1. The van der Waals surface area contributed by atoms with Gasteiger partial charge in [0, 0.05) is 23.3 Å². The van der Waals surface area contributed by atoms with E-state index in [4.69, 9.17) is 5.26 Å². The van der Waals surface area contributed by atoms with Gasteiger partial charge in [-0.3, -0.25) is 9.89 Å². The molecule has 0 radical (unpaired) electrons. The molecule has 0 saturated heterocycles. The summed E-state index contributed by atoms with van der Waals surface area (Å²) in [5.41, 5.74) is 2.80. The van der Waals surface area contributed by atoms with Gasteiger partial charge in [0.1, 0.15) is 11.8 Å². The van der Waals surface area contributed by atoms with E-state index >= 15 is 0 Å². The molecule has 9 heteroatoms. The van der Waals surface area contributed by atoms with Crippen molar-refractivity contribution in [1.29, 1.82) is 5.26 Å². The molecule has 1 aromatic carbocycles. The van der Waals surface area contributed by atoms with Crippen molar-refractivity contribution in [3.8, 4) is 6.07 Å². The van der Waals surface area contributed by atoms with E-state index in [9.17, 15) is 18.0 Å². The Labute approximate surface area is 157 Å². The van der Waals surface area contributed by atoms with Crippen LogP contribution in [0, 0.1) is 25.2 Å². The van der Waals surface area contributed by atoms with E-state index in [0.29, 0.717) is 33.3 Å². The molecule has 0 aliphatic heterocycles. The van der Waals surface area contributed by atoms with Crippen LogP contribution in [0.3, 0.4) is 0 Å². The minimum Gasteiger partial charge on any atom is -0.321 e. The first-order chi connectivity index (χ1) is 13.2. The fraction of sp³-hybridized carbons (Fsp3) is 0.158. The predicted molar refractivity (Wildman–Crippen MR) is 97.6 cm³/mol. The van der Waals surface area contributed by atoms with Crippen molar-refractivity contribution < 1.29 is 18.0 Å². The van der Waals surface area contributed by atoms with Crippen LogP contribution in [-0.4, -0.2) is 27.3 Å². The van der Waals surface area contributed by atoms with Crippen LogP contribution < -0.4 is 5.32 Å². The maximum Gasteiger partial charge on any atom is 0.409 e. The third kappa shape index (κ3) is 3.86. The molecule has 0 aliphatic rings. The third-order valence-corrected chi connectivity index (χ3v) is 4.26. The molecular formula is C19H14F3N5O. The van der Waals surface area contributed by atoms with Gasteiger partial charge in [0.15, 0.2) is 0 Å². The normalized spacial score (nSPS) is 11.7. The molecule has 0 spiro atoms. The lowest BCUT2D eigenvalue weighted by Gasteiger charge is -2.10. The Morgan fingerprint density at radius 1 is 1.29 bits per heavy atom. The Bertz CT molecular complexity index is 1140. The molecule has 1 amide bonds. The van der Waals surface area contributed by atoms with Gasteiger partial charge in [-0.25, -0.2) is 4.98 Å². The molecule has 2 heterocycles. The predicted octanol–water partition coefficient (Wildman–Crippen LogP) is 4.27. The summed E-state index contributed by atoms with van der Waals surface area (Å²) < 4.78 is 37.2. The number of alkyl halides is 3. The number of rotatable bonds is 3. The first-order valence-electron chi connectivity index (χ1n) is 8.11. The van der Waals surface area contributed by atoms with Gasteiger partial charge in [-0.15, -0.1) is 0 Å². The van der Waals surface area contributed by atoms with Crippen molar-refractivity contribution in [2.45, 2.75) is 20.0 Å². The van der Waals surface area contributed by atoms with Gasteiger partial charge in [-0.05, 0) is 49.2 Å². The molecule has 6 nitrogen and oxygen atoms in total. The zero-order chi connectivity index (χ0) is 20.5. The molecule has 0 bridgehead atoms. The van der Waals surface area contributed by atoms with E-state index in [0.717, 1.165) is 6.08 Å².